The zero-order chi connectivity index (χ0) is 19.5. The fraction of sp³-hybridized carbons (Fsp3) is 0.211. The van der Waals surface area contributed by atoms with Crippen LogP contribution in [-0.4, -0.2) is 30.2 Å². The lowest BCUT2D eigenvalue weighted by atomic mass is 10.2. The Balaban J connectivity index is 1.46. The maximum Gasteiger partial charge on any atom is 0.329 e. The van der Waals surface area contributed by atoms with Crippen molar-refractivity contribution in [1.29, 1.82) is 0 Å². The Kier molecular flexibility index (Phi) is 4.71. The zero-order valence-electron chi connectivity index (χ0n) is 15.2. The predicted molar refractivity (Wildman–Crippen MR) is 101 cm³/mol. The number of carbonyl (C=O) groups is 1. The second-order valence-electron chi connectivity index (χ2n) is 6.13. The third kappa shape index (κ3) is 3.29. The van der Waals surface area contributed by atoms with Crippen LogP contribution in [0.1, 0.15) is 12.8 Å². The van der Waals surface area contributed by atoms with Crippen LogP contribution >= 0.6 is 0 Å². The molecule has 28 heavy (non-hydrogen) atoms. The molecule has 4 aromatic rings. The van der Waals surface area contributed by atoms with E-state index in [-0.39, 0.29) is 30.6 Å². The molecule has 0 spiro atoms. The van der Waals surface area contributed by atoms with Crippen molar-refractivity contribution in [3.05, 3.63) is 65.2 Å². The summed E-state index contributed by atoms with van der Waals surface area (Å²) in [5, 5.41) is 6.61. The van der Waals surface area contributed by atoms with Gasteiger partial charge in [0.2, 0.25) is 17.6 Å². The van der Waals surface area contributed by atoms with E-state index in [1.165, 1.54) is 4.57 Å². The van der Waals surface area contributed by atoms with Gasteiger partial charge in [-0.05, 0) is 31.2 Å². The number of amides is 1. The third-order valence-corrected chi connectivity index (χ3v) is 4.39. The number of hydrogen-bond donors (Lipinski definition) is 1. The van der Waals surface area contributed by atoms with Crippen LogP contribution in [0.2, 0.25) is 0 Å². The number of fused-ring (bicyclic) bond motifs is 1. The fourth-order valence-electron chi connectivity index (χ4n) is 3.05. The normalized spacial score (nSPS) is 11.0. The van der Waals surface area contributed by atoms with Gasteiger partial charge in [-0.1, -0.05) is 17.3 Å². The van der Waals surface area contributed by atoms with E-state index in [2.05, 4.69) is 20.4 Å². The van der Waals surface area contributed by atoms with E-state index in [0.29, 0.717) is 12.4 Å². The molecule has 9 heteroatoms. The molecule has 0 unspecified atom stereocenters. The summed E-state index contributed by atoms with van der Waals surface area (Å²) in [6.07, 6.45) is 3.27. The van der Waals surface area contributed by atoms with Gasteiger partial charge in [-0.2, -0.15) is 4.98 Å². The standard InChI is InChI=1S/C19H18N6O3/c1-2-24-14-5-3-4-6-15(14)25(19(24)27)12-16(26)21-11-17-22-18(23-28-17)13-7-9-20-10-8-13/h3-10H,2,11-12H2,1H3,(H,21,26). The van der Waals surface area contributed by atoms with E-state index >= 15 is 0 Å². The highest BCUT2D eigenvalue weighted by Gasteiger charge is 2.15. The summed E-state index contributed by atoms with van der Waals surface area (Å²) in [4.78, 5) is 33.2. The molecule has 0 atom stereocenters. The summed E-state index contributed by atoms with van der Waals surface area (Å²) < 4.78 is 8.27. The lowest BCUT2D eigenvalue weighted by Gasteiger charge is -2.04. The van der Waals surface area contributed by atoms with E-state index in [0.717, 1.165) is 16.6 Å². The monoisotopic (exact) mass is 378 g/mol. The van der Waals surface area contributed by atoms with E-state index in [9.17, 15) is 9.59 Å². The van der Waals surface area contributed by atoms with Crippen LogP contribution in [0.15, 0.2) is 58.1 Å². The molecule has 0 aliphatic heterocycles. The first-order valence-corrected chi connectivity index (χ1v) is 8.85. The first-order chi connectivity index (χ1) is 13.7. The van der Waals surface area contributed by atoms with Crippen molar-refractivity contribution < 1.29 is 9.32 Å². The molecule has 4 rings (SSSR count). The van der Waals surface area contributed by atoms with Gasteiger partial charge in [-0.25, -0.2) is 4.79 Å². The minimum atomic E-state index is -0.315. The largest absolute Gasteiger partial charge is 0.345 e. The quantitative estimate of drug-likeness (QED) is 0.546. The minimum Gasteiger partial charge on any atom is -0.345 e. The van der Waals surface area contributed by atoms with Crippen LogP contribution in [-0.2, 0) is 24.4 Å². The minimum absolute atomic E-state index is 0.0814. The molecule has 1 amide bonds. The number of nitrogens with one attached hydrogen (secondary N) is 1. The van der Waals surface area contributed by atoms with Crippen molar-refractivity contribution in [1.82, 2.24) is 29.6 Å². The molecular weight excluding hydrogens is 360 g/mol. The first-order valence-electron chi connectivity index (χ1n) is 8.85. The topological polar surface area (TPSA) is 108 Å². The maximum absolute atomic E-state index is 12.6. The Morgan fingerprint density at radius 1 is 1.11 bits per heavy atom. The summed E-state index contributed by atoms with van der Waals surface area (Å²) >= 11 is 0. The lowest BCUT2D eigenvalue weighted by molar-refractivity contribution is -0.121. The summed E-state index contributed by atoms with van der Waals surface area (Å²) in [6, 6.07) is 10.9. The second-order valence-corrected chi connectivity index (χ2v) is 6.13. The van der Waals surface area contributed by atoms with Gasteiger partial charge in [0.15, 0.2) is 0 Å². The van der Waals surface area contributed by atoms with Crippen molar-refractivity contribution in [2.45, 2.75) is 26.6 Å². The van der Waals surface area contributed by atoms with Crippen LogP contribution in [0.4, 0.5) is 0 Å². The van der Waals surface area contributed by atoms with Crippen LogP contribution in [0.3, 0.4) is 0 Å². The Hall–Kier alpha value is -3.75. The van der Waals surface area contributed by atoms with Crippen molar-refractivity contribution in [2.24, 2.45) is 0 Å². The number of aromatic nitrogens is 5. The average molecular weight is 378 g/mol. The van der Waals surface area contributed by atoms with Gasteiger partial charge in [0, 0.05) is 24.5 Å². The number of rotatable bonds is 6. The van der Waals surface area contributed by atoms with Gasteiger partial charge in [0.25, 0.3) is 0 Å². The van der Waals surface area contributed by atoms with Crippen molar-refractivity contribution >= 4 is 16.9 Å². The molecule has 0 radical (unpaired) electrons. The van der Waals surface area contributed by atoms with Crippen LogP contribution in [0.25, 0.3) is 22.4 Å². The van der Waals surface area contributed by atoms with E-state index in [4.69, 9.17) is 4.52 Å². The molecule has 0 aliphatic carbocycles. The Labute approximate surface area is 159 Å². The highest BCUT2D eigenvalue weighted by atomic mass is 16.5. The fourth-order valence-corrected chi connectivity index (χ4v) is 3.05. The summed E-state index contributed by atoms with van der Waals surface area (Å²) in [7, 11) is 0. The molecule has 0 fully saturated rings. The van der Waals surface area contributed by atoms with Gasteiger partial charge in [0.05, 0.1) is 17.6 Å². The van der Waals surface area contributed by atoms with Crippen LogP contribution in [0.5, 0.6) is 0 Å². The van der Waals surface area contributed by atoms with E-state index in [1.807, 2.05) is 31.2 Å². The van der Waals surface area contributed by atoms with Crippen molar-refractivity contribution in [2.75, 3.05) is 0 Å². The molecule has 142 valence electrons. The first kappa shape index (κ1) is 17.7. The highest BCUT2D eigenvalue weighted by Crippen LogP contribution is 2.14. The third-order valence-electron chi connectivity index (χ3n) is 4.39. The van der Waals surface area contributed by atoms with Crippen LogP contribution < -0.4 is 11.0 Å². The van der Waals surface area contributed by atoms with Gasteiger partial charge in [0.1, 0.15) is 6.54 Å². The Morgan fingerprint density at radius 3 is 2.54 bits per heavy atom. The molecule has 9 nitrogen and oxygen atoms in total. The van der Waals surface area contributed by atoms with E-state index in [1.54, 1.807) is 29.1 Å². The number of imidazole rings is 1. The predicted octanol–water partition coefficient (Wildman–Crippen LogP) is 1.58. The molecule has 1 N–H and O–H groups in total. The molecule has 1 aromatic carbocycles. The average Bonchev–Trinajstić information content (AvgIpc) is 3.30. The van der Waals surface area contributed by atoms with Crippen LogP contribution in [0, 0.1) is 0 Å². The number of pyridine rings is 1. The molecule has 3 aromatic heterocycles. The zero-order valence-corrected chi connectivity index (χ0v) is 15.2. The smallest absolute Gasteiger partial charge is 0.329 e. The lowest BCUT2D eigenvalue weighted by Crippen LogP contribution is -2.32. The van der Waals surface area contributed by atoms with Gasteiger partial charge < -0.3 is 9.84 Å². The number of carbonyl (C=O) groups excluding carboxylic acids is 1. The number of para-hydroxylation sites is 2. The molecule has 0 saturated heterocycles. The Bertz CT molecular complexity index is 1180. The number of hydrogen-bond acceptors (Lipinski definition) is 6. The van der Waals surface area contributed by atoms with Gasteiger partial charge >= 0.3 is 5.69 Å². The summed E-state index contributed by atoms with van der Waals surface area (Å²) in [5.74, 6) is 0.391. The SMILES string of the molecule is CCn1c(=O)n(CC(=O)NCc2nc(-c3ccncc3)no2)c2ccccc21. The van der Waals surface area contributed by atoms with Gasteiger partial charge in [-0.3, -0.25) is 18.9 Å². The molecule has 0 aliphatic rings. The Morgan fingerprint density at radius 2 is 1.82 bits per heavy atom. The summed E-state index contributed by atoms with van der Waals surface area (Å²) in [5.41, 5.74) is 2.09. The number of nitrogens with zero attached hydrogens (tertiary/aromatic N) is 5. The second kappa shape index (κ2) is 7.47. The highest BCUT2D eigenvalue weighted by molar-refractivity contribution is 5.80. The van der Waals surface area contributed by atoms with E-state index < -0.39 is 0 Å². The molecule has 3 heterocycles. The molecular formula is C19H18N6O3. The number of benzene rings is 1. The van der Waals surface area contributed by atoms with Crippen molar-refractivity contribution in [3.8, 4) is 11.4 Å². The number of aryl methyl sites for hydroxylation is 1. The van der Waals surface area contributed by atoms with Crippen molar-refractivity contribution in [3.63, 3.8) is 0 Å². The molecule has 0 saturated carbocycles. The molecule has 0 bridgehead atoms. The maximum atomic E-state index is 12.6. The summed E-state index contributed by atoms with van der Waals surface area (Å²) in [6.45, 7) is 2.43. The van der Waals surface area contributed by atoms with Gasteiger partial charge in [-0.15, -0.1) is 0 Å².